The second kappa shape index (κ2) is 7.19. The van der Waals surface area contributed by atoms with Gasteiger partial charge in [-0.3, -0.25) is 4.79 Å². The van der Waals surface area contributed by atoms with Gasteiger partial charge in [-0.05, 0) is 24.3 Å². The van der Waals surface area contributed by atoms with Crippen LogP contribution in [0, 0.1) is 0 Å². The first-order valence-electron chi connectivity index (χ1n) is 7.31. The summed E-state index contributed by atoms with van der Waals surface area (Å²) in [6.07, 6.45) is 6.01. The lowest BCUT2D eigenvalue weighted by atomic mass is 10.3. The number of rotatable bonds is 7. The molecular formula is C17H17N3O2S. The fourth-order valence-electron chi connectivity index (χ4n) is 2.33. The van der Waals surface area contributed by atoms with Crippen LogP contribution < -0.4 is 0 Å². The summed E-state index contributed by atoms with van der Waals surface area (Å²) in [6, 6.07) is 13.9. The summed E-state index contributed by atoms with van der Waals surface area (Å²) < 4.78 is 3.94. The molecule has 0 bridgehead atoms. The highest BCUT2D eigenvalue weighted by molar-refractivity contribution is 7.98. The molecule has 2 heterocycles. The number of hydrogen-bond donors (Lipinski definition) is 1. The number of para-hydroxylation sites is 1. The van der Waals surface area contributed by atoms with Gasteiger partial charge in [-0.1, -0.05) is 18.2 Å². The molecule has 23 heavy (non-hydrogen) atoms. The van der Waals surface area contributed by atoms with E-state index in [4.69, 9.17) is 5.11 Å². The molecule has 3 rings (SSSR count). The smallest absolute Gasteiger partial charge is 0.304 e. The fraction of sp³-hybridized carbons (Fsp3) is 0.176. The van der Waals surface area contributed by atoms with E-state index in [1.165, 1.54) is 0 Å². The Kier molecular flexibility index (Phi) is 4.83. The summed E-state index contributed by atoms with van der Waals surface area (Å²) in [5.74, 6) is 1.55. The van der Waals surface area contributed by atoms with E-state index in [2.05, 4.69) is 5.10 Å². The number of aliphatic carboxylic acids is 1. The van der Waals surface area contributed by atoms with Gasteiger partial charge in [-0.15, -0.1) is 0 Å². The van der Waals surface area contributed by atoms with E-state index in [1.807, 2.05) is 70.3 Å². The Morgan fingerprint density at radius 3 is 2.57 bits per heavy atom. The summed E-state index contributed by atoms with van der Waals surface area (Å²) in [7, 11) is 0. The third-order valence-electron chi connectivity index (χ3n) is 3.38. The van der Waals surface area contributed by atoms with Crippen molar-refractivity contribution in [3.8, 4) is 11.5 Å². The third kappa shape index (κ3) is 3.65. The summed E-state index contributed by atoms with van der Waals surface area (Å²) in [4.78, 5) is 10.6. The van der Waals surface area contributed by atoms with E-state index in [0.717, 1.165) is 22.8 Å². The summed E-state index contributed by atoms with van der Waals surface area (Å²) in [5.41, 5.74) is 2.08. The van der Waals surface area contributed by atoms with Crippen LogP contribution in [0.1, 0.15) is 12.0 Å². The molecular weight excluding hydrogens is 310 g/mol. The number of hydrogen-bond acceptors (Lipinski definition) is 3. The van der Waals surface area contributed by atoms with E-state index >= 15 is 0 Å². The number of benzene rings is 1. The lowest BCUT2D eigenvalue weighted by Gasteiger charge is -2.11. The van der Waals surface area contributed by atoms with Crippen LogP contribution in [0.3, 0.4) is 0 Å². The highest BCUT2D eigenvalue weighted by atomic mass is 32.2. The molecule has 0 spiro atoms. The number of nitrogens with zero attached hydrogens (tertiary/aromatic N) is 3. The molecule has 0 fully saturated rings. The molecule has 1 N–H and O–H groups in total. The van der Waals surface area contributed by atoms with Crippen molar-refractivity contribution in [2.24, 2.45) is 0 Å². The molecule has 0 aliphatic heterocycles. The molecule has 118 valence electrons. The lowest BCUT2D eigenvalue weighted by Crippen LogP contribution is -2.05. The van der Waals surface area contributed by atoms with Crippen LogP contribution in [0.25, 0.3) is 11.5 Å². The van der Waals surface area contributed by atoms with Crippen molar-refractivity contribution in [2.45, 2.75) is 12.2 Å². The minimum absolute atomic E-state index is 0.177. The SMILES string of the molecule is O=C(O)CCSCc1cnn(-c2ccccc2)c1-n1cccc1. The molecule has 0 atom stereocenters. The highest BCUT2D eigenvalue weighted by Crippen LogP contribution is 2.23. The first-order chi connectivity index (χ1) is 11.3. The predicted octanol–water partition coefficient (Wildman–Crippen LogP) is 3.37. The summed E-state index contributed by atoms with van der Waals surface area (Å²) >= 11 is 1.61. The van der Waals surface area contributed by atoms with Crippen LogP contribution in [-0.4, -0.2) is 31.2 Å². The summed E-state index contributed by atoms with van der Waals surface area (Å²) in [5, 5.41) is 13.3. The second-order valence-electron chi connectivity index (χ2n) is 5.03. The first-order valence-corrected chi connectivity index (χ1v) is 8.46. The van der Waals surface area contributed by atoms with Gasteiger partial charge in [0.2, 0.25) is 0 Å². The summed E-state index contributed by atoms with van der Waals surface area (Å²) in [6.45, 7) is 0. The van der Waals surface area contributed by atoms with Crippen molar-refractivity contribution in [2.75, 3.05) is 5.75 Å². The number of carboxylic acid groups (broad SMARTS) is 1. The van der Waals surface area contributed by atoms with Gasteiger partial charge in [0.25, 0.3) is 0 Å². The second-order valence-corrected chi connectivity index (χ2v) is 6.13. The standard InChI is InChI=1S/C17H17N3O2S/c21-16(22)8-11-23-13-14-12-18-20(15-6-2-1-3-7-15)17(14)19-9-4-5-10-19/h1-7,9-10,12H,8,11,13H2,(H,21,22). The van der Waals surface area contributed by atoms with E-state index < -0.39 is 5.97 Å². The molecule has 0 aliphatic rings. The molecule has 6 heteroatoms. The van der Waals surface area contributed by atoms with Gasteiger partial charge < -0.3 is 9.67 Å². The largest absolute Gasteiger partial charge is 0.481 e. The van der Waals surface area contributed by atoms with Crippen molar-refractivity contribution in [3.63, 3.8) is 0 Å². The number of carbonyl (C=O) groups is 1. The van der Waals surface area contributed by atoms with Crippen LogP contribution in [0.4, 0.5) is 0 Å². The molecule has 5 nitrogen and oxygen atoms in total. The van der Waals surface area contributed by atoms with Crippen LogP contribution in [0.2, 0.25) is 0 Å². The van der Waals surface area contributed by atoms with Crippen LogP contribution in [0.15, 0.2) is 61.1 Å². The van der Waals surface area contributed by atoms with Crippen molar-refractivity contribution >= 4 is 17.7 Å². The maximum Gasteiger partial charge on any atom is 0.304 e. The van der Waals surface area contributed by atoms with Gasteiger partial charge >= 0.3 is 5.97 Å². The van der Waals surface area contributed by atoms with Gasteiger partial charge in [-0.25, -0.2) is 4.68 Å². The van der Waals surface area contributed by atoms with Gasteiger partial charge in [0, 0.05) is 29.5 Å². The number of carboxylic acids is 1. The van der Waals surface area contributed by atoms with Crippen LogP contribution >= 0.6 is 11.8 Å². The maximum absolute atomic E-state index is 10.6. The predicted molar refractivity (Wildman–Crippen MR) is 91.3 cm³/mol. The van der Waals surface area contributed by atoms with E-state index in [9.17, 15) is 4.79 Å². The molecule has 3 aromatic rings. The molecule has 0 saturated carbocycles. The minimum atomic E-state index is -0.761. The zero-order chi connectivity index (χ0) is 16.1. The molecule has 0 saturated heterocycles. The minimum Gasteiger partial charge on any atom is -0.481 e. The number of aromatic nitrogens is 3. The maximum atomic E-state index is 10.6. The van der Waals surface area contributed by atoms with E-state index in [-0.39, 0.29) is 6.42 Å². The Balaban J connectivity index is 1.88. The zero-order valence-corrected chi connectivity index (χ0v) is 13.3. The average molecular weight is 327 g/mol. The Labute approximate surface area is 138 Å². The Bertz CT molecular complexity index is 767. The quantitative estimate of drug-likeness (QED) is 0.676. The number of thioether (sulfide) groups is 1. The van der Waals surface area contributed by atoms with Gasteiger partial charge in [-0.2, -0.15) is 16.9 Å². The third-order valence-corrected chi connectivity index (χ3v) is 4.39. The van der Waals surface area contributed by atoms with Gasteiger partial charge in [0.05, 0.1) is 18.3 Å². The van der Waals surface area contributed by atoms with Gasteiger partial charge in [0.1, 0.15) is 5.82 Å². The Hall–Kier alpha value is -2.47. The topological polar surface area (TPSA) is 60.0 Å². The zero-order valence-electron chi connectivity index (χ0n) is 12.5. The van der Waals surface area contributed by atoms with Crippen molar-refractivity contribution in [3.05, 3.63) is 66.6 Å². The van der Waals surface area contributed by atoms with Crippen LogP contribution in [-0.2, 0) is 10.5 Å². The fourth-order valence-corrected chi connectivity index (χ4v) is 3.22. The molecule has 1 aromatic carbocycles. The molecule has 0 amide bonds. The molecule has 0 unspecified atom stereocenters. The molecule has 0 radical (unpaired) electrons. The monoisotopic (exact) mass is 327 g/mol. The van der Waals surface area contributed by atoms with Gasteiger partial charge in [0.15, 0.2) is 0 Å². The highest BCUT2D eigenvalue weighted by Gasteiger charge is 2.13. The van der Waals surface area contributed by atoms with E-state index in [0.29, 0.717) is 5.75 Å². The van der Waals surface area contributed by atoms with E-state index in [1.54, 1.807) is 11.8 Å². The normalized spacial score (nSPS) is 10.8. The van der Waals surface area contributed by atoms with Crippen molar-refractivity contribution in [1.29, 1.82) is 0 Å². The van der Waals surface area contributed by atoms with Crippen molar-refractivity contribution < 1.29 is 9.90 Å². The lowest BCUT2D eigenvalue weighted by molar-refractivity contribution is -0.136. The average Bonchev–Trinajstić information content (AvgIpc) is 3.21. The van der Waals surface area contributed by atoms with Crippen molar-refractivity contribution in [1.82, 2.24) is 14.3 Å². The Morgan fingerprint density at radius 2 is 1.87 bits per heavy atom. The Morgan fingerprint density at radius 1 is 1.13 bits per heavy atom. The van der Waals surface area contributed by atoms with Crippen LogP contribution in [0.5, 0.6) is 0 Å². The molecule has 0 aliphatic carbocycles. The molecule has 2 aromatic heterocycles. The first kappa shape index (κ1) is 15.4.